The van der Waals surface area contributed by atoms with Crippen LogP contribution in [0.1, 0.15) is 31.4 Å². The van der Waals surface area contributed by atoms with Crippen LogP contribution in [-0.2, 0) is 0 Å². The van der Waals surface area contributed by atoms with Crippen LogP contribution in [0.4, 0.5) is 0 Å². The third-order valence-electron chi connectivity index (χ3n) is 2.45. The number of nitrogens with one attached hydrogen (secondary N) is 1. The van der Waals surface area contributed by atoms with Crippen molar-refractivity contribution in [3.63, 3.8) is 0 Å². The highest BCUT2D eigenvalue weighted by molar-refractivity contribution is 5.25. The monoisotopic (exact) mass is 161 g/mol. The second kappa shape index (κ2) is 3.28. The second-order valence-electron chi connectivity index (χ2n) is 3.45. The van der Waals surface area contributed by atoms with Gasteiger partial charge in [-0.25, -0.2) is 0 Å². The Labute approximate surface area is 73.8 Å². The number of rotatable bonds is 3. The summed E-state index contributed by atoms with van der Waals surface area (Å²) in [6, 6.07) is 12.1. The fraction of sp³-hybridized carbons (Fsp3) is 0.455. The third kappa shape index (κ3) is 1.51. The molecule has 1 saturated heterocycles. The summed E-state index contributed by atoms with van der Waals surface area (Å²) in [6.07, 6.45) is 2.58. The predicted molar refractivity (Wildman–Crippen MR) is 51.0 cm³/mol. The summed E-state index contributed by atoms with van der Waals surface area (Å²) in [5, 5.41) is 3.49. The fourth-order valence-corrected chi connectivity index (χ4v) is 1.72. The highest BCUT2D eigenvalue weighted by Gasteiger charge is 2.35. The highest BCUT2D eigenvalue weighted by atomic mass is 15.1. The molecule has 0 aliphatic carbocycles. The Bertz CT molecular complexity index is 242. The Morgan fingerprint density at radius 2 is 2.00 bits per heavy atom. The molecule has 1 heterocycles. The molecule has 1 aromatic rings. The Balaban J connectivity index is 1.97. The first kappa shape index (κ1) is 7.81. The van der Waals surface area contributed by atoms with Gasteiger partial charge in [0.2, 0.25) is 0 Å². The number of benzene rings is 1. The Morgan fingerprint density at radius 1 is 1.25 bits per heavy atom. The maximum absolute atomic E-state index is 3.49. The summed E-state index contributed by atoms with van der Waals surface area (Å²) in [4.78, 5) is 0. The van der Waals surface area contributed by atoms with Gasteiger partial charge in [-0.3, -0.25) is 0 Å². The van der Waals surface area contributed by atoms with E-state index in [4.69, 9.17) is 0 Å². The van der Waals surface area contributed by atoms with Gasteiger partial charge in [0.15, 0.2) is 0 Å². The molecule has 1 nitrogen and oxygen atoms in total. The van der Waals surface area contributed by atoms with Gasteiger partial charge in [0.1, 0.15) is 0 Å². The van der Waals surface area contributed by atoms with E-state index in [1.54, 1.807) is 0 Å². The third-order valence-corrected chi connectivity index (χ3v) is 2.45. The molecule has 2 atom stereocenters. The predicted octanol–water partition coefficient (Wildman–Crippen LogP) is 2.50. The van der Waals surface area contributed by atoms with Crippen LogP contribution in [0.25, 0.3) is 0 Å². The first-order chi connectivity index (χ1) is 5.92. The van der Waals surface area contributed by atoms with Gasteiger partial charge in [-0.15, -0.1) is 0 Å². The van der Waals surface area contributed by atoms with Crippen LogP contribution in [0.3, 0.4) is 0 Å². The van der Waals surface area contributed by atoms with E-state index in [0.29, 0.717) is 6.04 Å². The first-order valence-electron chi connectivity index (χ1n) is 4.73. The molecule has 1 aliphatic heterocycles. The van der Waals surface area contributed by atoms with Crippen molar-refractivity contribution in [2.75, 3.05) is 0 Å². The number of hydrogen-bond acceptors (Lipinski definition) is 1. The summed E-state index contributed by atoms with van der Waals surface area (Å²) in [5.41, 5.74) is 1.44. The van der Waals surface area contributed by atoms with Gasteiger partial charge in [0.05, 0.1) is 0 Å². The smallest absolute Gasteiger partial charge is 0.0478 e. The van der Waals surface area contributed by atoms with E-state index in [1.807, 2.05) is 0 Å². The number of hydrogen-bond donors (Lipinski definition) is 1. The van der Waals surface area contributed by atoms with Gasteiger partial charge >= 0.3 is 0 Å². The van der Waals surface area contributed by atoms with Crippen molar-refractivity contribution in [1.82, 2.24) is 5.32 Å². The summed E-state index contributed by atoms with van der Waals surface area (Å²) in [6.45, 7) is 2.24. The molecule has 0 unspecified atom stereocenters. The maximum Gasteiger partial charge on any atom is 0.0478 e. The molecule has 1 N–H and O–H groups in total. The molecular formula is C11H15N. The summed E-state index contributed by atoms with van der Waals surface area (Å²) in [7, 11) is 0. The van der Waals surface area contributed by atoms with E-state index < -0.39 is 0 Å². The average Bonchev–Trinajstić information content (AvgIpc) is 2.87. The van der Waals surface area contributed by atoms with Gasteiger partial charge in [-0.1, -0.05) is 43.7 Å². The Hall–Kier alpha value is -0.820. The van der Waals surface area contributed by atoms with E-state index >= 15 is 0 Å². The fourth-order valence-electron chi connectivity index (χ4n) is 1.72. The quantitative estimate of drug-likeness (QED) is 0.676. The van der Waals surface area contributed by atoms with E-state index in [-0.39, 0.29) is 0 Å². The normalized spacial score (nSPS) is 27.1. The molecule has 0 aromatic heterocycles. The lowest BCUT2D eigenvalue weighted by molar-refractivity contribution is 0.762. The van der Waals surface area contributed by atoms with Crippen LogP contribution in [0.5, 0.6) is 0 Å². The maximum atomic E-state index is 3.49. The lowest BCUT2D eigenvalue weighted by Gasteiger charge is -1.95. The van der Waals surface area contributed by atoms with Gasteiger partial charge in [-0.2, -0.15) is 0 Å². The second-order valence-corrected chi connectivity index (χ2v) is 3.45. The Morgan fingerprint density at radius 3 is 2.67 bits per heavy atom. The molecule has 0 bridgehead atoms. The van der Waals surface area contributed by atoms with Crippen molar-refractivity contribution in [2.24, 2.45) is 0 Å². The molecule has 1 heteroatoms. The van der Waals surface area contributed by atoms with E-state index in [2.05, 4.69) is 42.6 Å². The molecule has 1 fully saturated rings. The zero-order valence-corrected chi connectivity index (χ0v) is 7.46. The van der Waals surface area contributed by atoms with Crippen molar-refractivity contribution in [1.29, 1.82) is 0 Å². The summed E-state index contributed by atoms with van der Waals surface area (Å²) in [5.74, 6) is 0. The zero-order valence-electron chi connectivity index (χ0n) is 7.46. The van der Waals surface area contributed by atoms with Crippen LogP contribution in [-0.4, -0.2) is 6.04 Å². The van der Waals surface area contributed by atoms with Gasteiger partial charge < -0.3 is 5.32 Å². The molecule has 0 radical (unpaired) electrons. The average molecular weight is 161 g/mol. The summed E-state index contributed by atoms with van der Waals surface area (Å²) >= 11 is 0. The van der Waals surface area contributed by atoms with Crippen LogP contribution < -0.4 is 5.32 Å². The largest absolute Gasteiger partial charge is 0.304 e. The molecule has 12 heavy (non-hydrogen) atoms. The van der Waals surface area contributed by atoms with Crippen LogP contribution in [0.2, 0.25) is 0 Å². The van der Waals surface area contributed by atoms with Crippen LogP contribution in [0, 0.1) is 0 Å². The highest BCUT2D eigenvalue weighted by Crippen LogP contribution is 2.31. The van der Waals surface area contributed by atoms with E-state index in [0.717, 1.165) is 6.04 Å². The van der Waals surface area contributed by atoms with Crippen LogP contribution in [0.15, 0.2) is 30.3 Å². The SMILES string of the molecule is CCC[C@H]1N[C@H]1c1ccccc1. The molecule has 1 aliphatic rings. The molecule has 0 saturated carbocycles. The van der Waals surface area contributed by atoms with Crippen molar-refractivity contribution in [3.05, 3.63) is 35.9 Å². The van der Waals surface area contributed by atoms with Crippen molar-refractivity contribution >= 4 is 0 Å². The van der Waals surface area contributed by atoms with Crippen molar-refractivity contribution < 1.29 is 0 Å². The zero-order chi connectivity index (χ0) is 8.39. The van der Waals surface area contributed by atoms with Gasteiger partial charge in [0, 0.05) is 12.1 Å². The molecule has 0 amide bonds. The van der Waals surface area contributed by atoms with E-state index in [1.165, 1.54) is 18.4 Å². The minimum atomic E-state index is 0.645. The minimum Gasteiger partial charge on any atom is -0.304 e. The van der Waals surface area contributed by atoms with Crippen LogP contribution >= 0.6 is 0 Å². The standard InChI is InChI=1S/C11H15N/c1-2-6-10-11(12-10)9-7-4-3-5-8-9/h3-5,7-8,10-12H,2,6H2,1H3/t10-,11+/m1/s1. The van der Waals surface area contributed by atoms with E-state index in [9.17, 15) is 0 Å². The van der Waals surface area contributed by atoms with Crippen molar-refractivity contribution in [3.8, 4) is 0 Å². The van der Waals surface area contributed by atoms with Crippen molar-refractivity contribution in [2.45, 2.75) is 31.8 Å². The van der Waals surface area contributed by atoms with Gasteiger partial charge in [0.25, 0.3) is 0 Å². The lowest BCUT2D eigenvalue weighted by atomic mass is 10.1. The Kier molecular flexibility index (Phi) is 2.13. The molecule has 1 aromatic carbocycles. The topological polar surface area (TPSA) is 21.9 Å². The molecule has 2 rings (SSSR count). The lowest BCUT2D eigenvalue weighted by Crippen LogP contribution is -1.87. The first-order valence-corrected chi connectivity index (χ1v) is 4.73. The molecule has 64 valence electrons. The minimum absolute atomic E-state index is 0.645. The summed E-state index contributed by atoms with van der Waals surface area (Å²) < 4.78 is 0. The van der Waals surface area contributed by atoms with Gasteiger partial charge in [-0.05, 0) is 12.0 Å². The molecule has 0 spiro atoms. The molecular weight excluding hydrogens is 146 g/mol.